The number of non-ortho nitro benzene ring substituents is 2. The van der Waals surface area contributed by atoms with Crippen LogP contribution in [0.15, 0.2) is 72.8 Å². The van der Waals surface area contributed by atoms with E-state index in [4.69, 9.17) is 40.0 Å². The molecule has 12 N–H and O–H groups in total. The van der Waals surface area contributed by atoms with Crippen LogP contribution in [0.1, 0.15) is 153 Å². The molecule has 1 unspecified atom stereocenters. The van der Waals surface area contributed by atoms with Gasteiger partial charge in [0.25, 0.3) is 17.3 Å². The summed E-state index contributed by atoms with van der Waals surface area (Å²) in [6, 6.07) is 16.9. The number of hydrogen-bond acceptors (Lipinski definition) is 23. The molecule has 8 fully saturated rings. The molecule has 111 heavy (non-hydrogen) atoms. The van der Waals surface area contributed by atoms with E-state index >= 15 is 0 Å². The largest absolute Gasteiger partial charge is 0.496 e. The van der Waals surface area contributed by atoms with Gasteiger partial charge in [0, 0.05) is 95.6 Å². The van der Waals surface area contributed by atoms with Crippen LogP contribution in [-0.2, 0) is 32.4 Å². The number of nitro groups is 2. The molecule has 2 saturated heterocycles. The number of carboxylic acids is 1. The molecule has 12 rings (SSSR count). The second kappa shape index (κ2) is 39.7. The molecule has 4 aromatic carbocycles. The highest BCUT2D eigenvalue weighted by Gasteiger charge is 2.59. The minimum atomic E-state index is -1.94. The number of nitrogens with two attached hydrogens (primary N) is 1. The first-order valence-electron chi connectivity index (χ1n) is 38.6. The number of halogens is 1. The Morgan fingerprint density at radius 2 is 1.12 bits per heavy atom. The molecule has 4 aromatic rings. The summed E-state index contributed by atoms with van der Waals surface area (Å²) in [6.07, 6.45) is 2.92. The van der Waals surface area contributed by atoms with Gasteiger partial charge in [-0.05, 0) is 191 Å². The van der Waals surface area contributed by atoms with E-state index in [1.807, 2.05) is 43.3 Å². The number of carbonyl (C=O) groups excluding carboxylic acids is 3. The van der Waals surface area contributed by atoms with E-state index in [0.717, 1.165) is 71.2 Å². The summed E-state index contributed by atoms with van der Waals surface area (Å²) >= 11 is 2.22. The molecule has 29 nitrogen and oxygen atoms in total. The summed E-state index contributed by atoms with van der Waals surface area (Å²) in [5.74, 6) is 1.74. The number of rotatable bonds is 29. The van der Waals surface area contributed by atoms with E-state index in [9.17, 15) is 59.8 Å². The highest BCUT2D eigenvalue weighted by molar-refractivity contribution is 14.1. The third kappa shape index (κ3) is 22.5. The van der Waals surface area contributed by atoms with Gasteiger partial charge >= 0.3 is 13.1 Å². The number of hydrogen-bond donors (Lipinski definition) is 11. The van der Waals surface area contributed by atoms with E-state index in [1.54, 1.807) is 44.2 Å². The maximum atomic E-state index is 14.2. The van der Waals surface area contributed by atoms with Crippen LogP contribution < -0.4 is 36.6 Å². The van der Waals surface area contributed by atoms with Crippen molar-refractivity contribution in [3.8, 4) is 22.6 Å². The normalized spacial score (nSPS) is 26.6. The number of carbonyl (C=O) groups is 4. The van der Waals surface area contributed by atoms with Crippen molar-refractivity contribution >= 4 is 70.2 Å². The molecular formula is C80H122BIN10O19. The molecule has 0 aromatic heterocycles. The molecule has 0 radical (unpaired) electrons. The number of carboxylic acid groups (broad SMARTS) is 1. The third-order valence-electron chi connectivity index (χ3n) is 23.8. The van der Waals surface area contributed by atoms with Gasteiger partial charge in [-0.2, -0.15) is 10.1 Å². The van der Waals surface area contributed by atoms with E-state index in [-0.39, 0.29) is 70.8 Å². The second-order valence-corrected chi connectivity index (χ2v) is 35.1. The number of benzene rings is 4. The Hall–Kier alpha value is -6.57. The Morgan fingerprint density at radius 3 is 1.51 bits per heavy atom. The minimum Gasteiger partial charge on any atom is -0.496 e. The fourth-order valence-electron chi connectivity index (χ4n) is 18.0. The number of ether oxygens (including phenoxy) is 2. The van der Waals surface area contributed by atoms with Crippen molar-refractivity contribution in [3.05, 3.63) is 119 Å². The van der Waals surface area contributed by atoms with Crippen LogP contribution in [0.5, 0.6) is 11.5 Å². The van der Waals surface area contributed by atoms with E-state index < -0.39 is 89.5 Å². The summed E-state index contributed by atoms with van der Waals surface area (Å²) in [5, 5.41) is 103. The van der Waals surface area contributed by atoms with Gasteiger partial charge in [-0.25, -0.2) is 4.79 Å². The molecular weight excluding hydrogens is 1540 g/mol. The average Bonchev–Trinajstić information content (AvgIpc) is 1.41. The number of aliphatic hydroxyl groups is 4. The fraction of sp³-hybridized carbons (Fsp3) is 0.650. The van der Waals surface area contributed by atoms with Crippen LogP contribution in [-0.4, -0.2) is 226 Å². The standard InChI is InChI=1S/C40H59N5O8.C25H37IN2O5.C8H20N2.C7H6BNO6/c1-22(2)13-29(20-43(7)8)41-38(48)27-14-26(15-30(16-27)45(50)51)31-12-10-11-25(37(31)52-9)19-44-36(35(24(4)47)34(21-46)53-44)39(49)42-33-18-28-17-32(23(33)3)40(28,5)6;1-13-17-9-16(25(17,3)4)10-19(13)27-24(31)22-21(14(2)30)20(12-29)33-28(22)11-15-7-6-8-18(26)23(15)32-5;1-7(2)5-8(9)6-10(3)4;10-7(11)4-1-5(8(12)13)3-6(2-4)9(14)15/h10-12,14-16,22-24,28-29,32-36,46-47H,13,17-21H2,1-9H3,(H,41,48)(H,42,49);6-8,13-14,16-17,19-22,29-30H,9-12H2,1-5H3,(H,27,31);7-8H,5-6,9H2,1-4H3;1-3,12-13H,(H,10,11)/t23-,24-,28+,29-,32-,33-,34-,35+,36-;13-,14-,16+,17-,19-,20-,21+,22-;;/m00../s1. The summed E-state index contributed by atoms with van der Waals surface area (Å²) < 4.78 is 12.5. The first kappa shape index (κ1) is 91.6. The third-order valence-corrected chi connectivity index (χ3v) is 24.6. The molecule has 2 heterocycles. The molecule has 6 saturated carbocycles. The first-order chi connectivity index (χ1) is 52.0. The average molecular weight is 1670 g/mol. The zero-order valence-electron chi connectivity index (χ0n) is 67.7. The summed E-state index contributed by atoms with van der Waals surface area (Å²) in [7, 11) is 9.15. The Kier molecular flexibility index (Phi) is 32.7. The number of nitrogens with zero attached hydrogens (tertiary/aromatic N) is 6. The number of amides is 3. The number of methoxy groups -OCH3 is 2. The van der Waals surface area contributed by atoms with Crippen molar-refractivity contribution in [2.24, 2.45) is 75.7 Å². The smallest absolute Gasteiger partial charge is 0.488 e. The van der Waals surface area contributed by atoms with Gasteiger partial charge in [0.05, 0.1) is 71.7 Å². The van der Waals surface area contributed by atoms with Crippen LogP contribution >= 0.6 is 22.6 Å². The number of nitrogens with one attached hydrogen (secondary N) is 3. The van der Waals surface area contributed by atoms with Crippen molar-refractivity contribution in [3.63, 3.8) is 0 Å². The molecule has 31 heteroatoms. The molecule has 4 bridgehead atoms. The summed E-state index contributed by atoms with van der Waals surface area (Å²) in [4.78, 5) is 89.6. The number of hydroxylamine groups is 4. The van der Waals surface area contributed by atoms with Gasteiger partial charge < -0.3 is 76.5 Å². The highest BCUT2D eigenvalue weighted by Crippen LogP contribution is 2.62. The lowest BCUT2D eigenvalue weighted by molar-refractivity contribution is -0.385. The molecule has 6 aliphatic carbocycles. The number of nitro benzene ring substituents is 2. The molecule has 18 atom stereocenters. The van der Waals surface area contributed by atoms with E-state index in [2.05, 4.69) is 127 Å². The number of aromatic carboxylic acids is 1. The van der Waals surface area contributed by atoms with E-state index in [1.165, 1.54) is 37.1 Å². The first-order valence-corrected chi connectivity index (χ1v) is 39.6. The van der Waals surface area contributed by atoms with Gasteiger partial charge in [-0.3, -0.25) is 44.3 Å². The predicted molar refractivity (Wildman–Crippen MR) is 431 cm³/mol. The molecule has 8 aliphatic rings. The zero-order valence-corrected chi connectivity index (χ0v) is 69.9. The zero-order chi connectivity index (χ0) is 82.7. The summed E-state index contributed by atoms with van der Waals surface area (Å²) in [5.41, 5.74) is 7.66. The van der Waals surface area contributed by atoms with Crippen molar-refractivity contribution in [1.82, 2.24) is 35.9 Å². The fourth-order valence-corrected chi connectivity index (χ4v) is 18.8. The minimum absolute atomic E-state index is 0.00869. The lowest BCUT2D eigenvalue weighted by Crippen LogP contribution is -2.62. The van der Waals surface area contributed by atoms with Crippen LogP contribution in [0.4, 0.5) is 11.4 Å². The lowest BCUT2D eigenvalue weighted by Gasteiger charge is -2.62. The predicted octanol–water partition coefficient (Wildman–Crippen LogP) is 7.49. The van der Waals surface area contributed by atoms with E-state index in [0.29, 0.717) is 88.4 Å². The van der Waals surface area contributed by atoms with Crippen LogP contribution in [0, 0.1) is 93.8 Å². The maximum Gasteiger partial charge on any atom is 0.488 e. The van der Waals surface area contributed by atoms with Crippen molar-refractivity contribution in [2.75, 3.05) is 68.7 Å². The van der Waals surface area contributed by atoms with Gasteiger partial charge in [0.2, 0.25) is 11.8 Å². The Labute approximate surface area is 667 Å². The molecule has 3 amide bonds. The number of aliphatic hydroxyl groups excluding tert-OH is 4. The van der Waals surface area contributed by atoms with Gasteiger partial charge in [-0.15, -0.1) is 0 Å². The quantitative estimate of drug-likeness (QED) is 0.0108. The highest BCUT2D eigenvalue weighted by atomic mass is 127. The maximum absolute atomic E-state index is 14.2. The number of likely N-dealkylation sites (N-methyl/N-ethyl adjacent to an activating group) is 2. The Bertz CT molecular complexity index is 3780. The van der Waals surface area contributed by atoms with Gasteiger partial charge in [-0.1, -0.05) is 99.6 Å². The lowest BCUT2D eigenvalue weighted by atomic mass is 9.45. The summed E-state index contributed by atoms with van der Waals surface area (Å²) in [6.45, 7) is 26.9. The molecule has 0 spiro atoms. The van der Waals surface area contributed by atoms with Gasteiger partial charge in [0.1, 0.15) is 35.8 Å². The molecule has 2 aliphatic heterocycles. The monoisotopic (exact) mass is 1660 g/mol. The van der Waals surface area contributed by atoms with Crippen LogP contribution in [0.25, 0.3) is 11.1 Å². The Morgan fingerprint density at radius 1 is 0.667 bits per heavy atom. The van der Waals surface area contributed by atoms with Crippen LogP contribution in [0.3, 0.4) is 0 Å². The number of fused-ring (bicyclic) bond motifs is 4. The second-order valence-electron chi connectivity index (χ2n) is 33.9. The molecule has 616 valence electrons. The van der Waals surface area contributed by atoms with Crippen molar-refractivity contribution in [2.45, 2.75) is 195 Å². The topological polar surface area (TPSA) is 408 Å². The number of para-hydroxylation sites is 2. The van der Waals surface area contributed by atoms with Crippen molar-refractivity contribution < 1.29 is 83.8 Å². The van der Waals surface area contributed by atoms with Crippen molar-refractivity contribution in [1.29, 1.82) is 0 Å². The van der Waals surface area contributed by atoms with Crippen LogP contribution in [0.2, 0.25) is 0 Å². The SMILES string of the molecule is CC(C)CC(N)CN(C)C.COc1c(CN2O[C@@H](CO)[C@@H]([C@H](C)O)[C@H]2C(=O)N[C@H]2C[C@H]3C[C@@H]([C@@H]2C)C3(C)C)cccc1-c1cc(C(=O)N[C@@H](CC(C)C)CN(C)C)cc([N+](=O)[O-])c1.COc1c(I)cccc1CN1O[C@@H](CO)[C@@H]([C@H](C)O)[C@H]1C(=O)N[C@H]1C[C@H]2C[C@@H]([C@@H]1C)C2(C)C.O=C(O)c1cc(B(O)O)cc([N+](=O)[O-])c1. The van der Waals surface area contributed by atoms with Gasteiger partial charge in [0.15, 0.2) is 0 Å². The Balaban J connectivity index is 0.000000247.